The van der Waals surface area contributed by atoms with Crippen molar-refractivity contribution in [3.63, 3.8) is 0 Å². The van der Waals surface area contributed by atoms with Crippen LogP contribution in [0.15, 0.2) is 0 Å². The number of alkyl halides is 3. The SMILES string of the molecule is N#CC1(CCOCC(F)(F)F)CCCCC1=O. The molecule has 3 nitrogen and oxygen atoms in total. The molecular weight excluding hydrogens is 235 g/mol. The van der Waals surface area contributed by atoms with E-state index in [1.165, 1.54) is 0 Å². The smallest absolute Gasteiger partial charge is 0.372 e. The Kier molecular flexibility index (Phi) is 4.52. The van der Waals surface area contributed by atoms with Crippen LogP contribution in [-0.4, -0.2) is 25.2 Å². The number of hydrogen-bond acceptors (Lipinski definition) is 3. The number of nitrogens with zero attached hydrogens (tertiary/aromatic N) is 1. The van der Waals surface area contributed by atoms with Crippen molar-refractivity contribution < 1.29 is 22.7 Å². The molecule has 0 saturated heterocycles. The van der Waals surface area contributed by atoms with Crippen molar-refractivity contribution in [1.29, 1.82) is 5.26 Å². The lowest BCUT2D eigenvalue weighted by atomic mass is 9.72. The third-order valence-corrected chi connectivity index (χ3v) is 2.94. The van der Waals surface area contributed by atoms with E-state index >= 15 is 0 Å². The summed E-state index contributed by atoms with van der Waals surface area (Å²) in [5.41, 5.74) is -1.12. The topological polar surface area (TPSA) is 50.1 Å². The van der Waals surface area contributed by atoms with Crippen LogP contribution in [0.2, 0.25) is 0 Å². The van der Waals surface area contributed by atoms with E-state index in [0.29, 0.717) is 12.8 Å². The summed E-state index contributed by atoms with van der Waals surface area (Å²) in [6.07, 6.45) is -2.02. The lowest BCUT2D eigenvalue weighted by molar-refractivity contribution is -0.175. The number of halogens is 3. The molecule has 1 aliphatic carbocycles. The van der Waals surface area contributed by atoms with Gasteiger partial charge in [-0.3, -0.25) is 4.79 Å². The van der Waals surface area contributed by atoms with Gasteiger partial charge in [-0.05, 0) is 19.3 Å². The lowest BCUT2D eigenvalue weighted by Crippen LogP contribution is -2.34. The summed E-state index contributed by atoms with van der Waals surface area (Å²) in [7, 11) is 0. The van der Waals surface area contributed by atoms with Crippen molar-refractivity contribution in [3.8, 4) is 6.07 Å². The van der Waals surface area contributed by atoms with E-state index in [9.17, 15) is 18.0 Å². The van der Waals surface area contributed by atoms with Gasteiger partial charge in [-0.2, -0.15) is 18.4 Å². The van der Waals surface area contributed by atoms with Gasteiger partial charge in [-0.25, -0.2) is 0 Å². The Hall–Kier alpha value is -1.09. The van der Waals surface area contributed by atoms with Crippen molar-refractivity contribution in [2.75, 3.05) is 13.2 Å². The summed E-state index contributed by atoms with van der Waals surface area (Å²) in [5.74, 6) is -0.165. The van der Waals surface area contributed by atoms with E-state index in [-0.39, 0.29) is 18.8 Å². The van der Waals surface area contributed by atoms with E-state index in [2.05, 4.69) is 4.74 Å². The lowest BCUT2D eigenvalue weighted by Gasteiger charge is -2.28. The molecule has 1 atom stereocenters. The first-order valence-corrected chi connectivity index (χ1v) is 5.49. The molecule has 0 aromatic rings. The van der Waals surface area contributed by atoms with Crippen LogP contribution >= 0.6 is 0 Å². The largest absolute Gasteiger partial charge is 0.411 e. The molecule has 1 fully saturated rings. The highest BCUT2D eigenvalue weighted by atomic mass is 19.4. The molecule has 17 heavy (non-hydrogen) atoms. The van der Waals surface area contributed by atoms with Gasteiger partial charge < -0.3 is 4.74 Å². The van der Waals surface area contributed by atoms with Crippen LogP contribution in [0.4, 0.5) is 13.2 Å². The highest BCUT2D eigenvalue weighted by molar-refractivity contribution is 5.88. The molecule has 1 rings (SSSR count). The fraction of sp³-hybridized carbons (Fsp3) is 0.818. The average Bonchev–Trinajstić information content (AvgIpc) is 2.26. The van der Waals surface area contributed by atoms with Crippen LogP contribution in [0.5, 0.6) is 0 Å². The van der Waals surface area contributed by atoms with Gasteiger partial charge in [0.2, 0.25) is 0 Å². The second-order valence-corrected chi connectivity index (χ2v) is 4.24. The molecular formula is C11H14F3NO2. The zero-order valence-corrected chi connectivity index (χ0v) is 9.35. The Labute approximate surface area is 97.5 Å². The predicted octanol–water partition coefficient (Wildman–Crippen LogP) is 2.61. The van der Waals surface area contributed by atoms with Crippen LogP contribution in [0.25, 0.3) is 0 Å². The Morgan fingerprint density at radius 2 is 2.12 bits per heavy atom. The Bertz CT molecular complexity index is 322. The van der Waals surface area contributed by atoms with Crippen LogP contribution in [0, 0.1) is 16.7 Å². The number of ketones is 1. The van der Waals surface area contributed by atoms with Crippen molar-refractivity contribution in [2.45, 2.75) is 38.3 Å². The van der Waals surface area contributed by atoms with Gasteiger partial charge in [0.25, 0.3) is 0 Å². The van der Waals surface area contributed by atoms with Gasteiger partial charge in [-0.1, -0.05) is 6.42 Å². The first-order chi connectivity index (χ1) is 7.90. The molecule has 0 heterocycles. The number of ether oxygens (including phenoxy) is 1. The van der Waals surface area contributed by atoms with Gasteiger partial charge >= 0.3 is 6.18 Å². The molecule has 96 valence electrons. The number of hydrogen-bond donors (Lipinski definition) is 0. The van der Waals surface area contributed by atoms with Crippen molar-refractivity contribution in [3.05, 3.63) is 0 Å². The van der Waals surface area contributed by atoms with Crippen molar-refractivity contribution in [1.82, 2.24) is 0 Å². The standard InChI is InChI=1S/C11H14F3NO2/c12-11(13,14)8-17-6-5-10(7-15)4-2-1-3-9(10)16/h1-6,8H2. The van der Waals surface area contributed by atoms with Gasteiger partial charge in [0.1, 0.15) is 12.0 Å². The molecule has 1 saturated carbocycles. The minimum atomic E-state index is -4.36. The molecule has 0 aliphatic heterocycles. The average molecular weight is 249 g/mol. The van der Waals surface area contributed by atoms with Crippen molar-refractivity contribution in [2.24, 2.45) is 5.41 Å². The summed E-state index contributed by atoms with van der Waals surface area (Å²) in [4.78, 5) is 11.6. The molecule has 1 aliphatic rings. The van der Waals surface area contributed by atoms with Gasteiger partial charge in [0.05, 0.1) is 6.07 Å². The molecule has 1 unspecified atom stereocenters. The molecule has 0 bridgehead atoms. The maximum absolute atomic E-state index is 11.8. The normalized spacial score (nSPS) is 25.6. The maximum atomic E-state index is 11.8. The van der Waals surface area contributed by atoms with E-state index in [1.54, 1.807) is 0 Å². The van der Waals surface area contributed by atoms with Gasteiger partial charge in [-0.15, -0.1) is 0 Å². The minimum Gasteiger partial charge on any atom is -0.372 e. The monoisotopic (exact) mass is 249 g/mol. The van der Waals surface area contributed by atoms with E-state index in [4.69, 9.17) is 5.26 Å². The third kappa shape index (κ3) is 4.00. The van der Waals surface area contributed by atoms with Gasteiger partial charge in [0, 0.05) is 13.0 Å². The Morgan fingerprint density at radius 1 is 1.41 bits per heavy atom. The quantitative estimate of drug-likeness (QED) is 0.719. The van der Waals surface area contributed by atoms with E-state index in [0.717, 1.165) is 12.8 Å². The number of nitriles is 1. The molecule has 0 aromatic carbocycles. The van der Waals surface area contributed by atoms with E-state index in [1.807, 2.05) is 6.07 Å². The Balaban J connectivity index is 2.42. The summed E-state index contributed by atoms with van der Waals surface area (Å²) < 4.78 is 39.9. The highest BCUT2D eigenvalue weighted by Crippen LogP contribution is 2.35. The fourth-order valence-electron chi connectivity index (χ4n) is 1.96. The molecule has 0 spiro atoms. The third-order valence-electron chi connectivity index (χ3n) is 2.94. The summed E-state index contributed by atoms with van der Waals surface area (Å²) >= 11 is 0. The second-order valence-electron chi connectivity index (χ2n) is 4.24. The van der Waals surface area contributed by atoms with E-state index < -0.39 is 18.2 Å². The fourth-order valence-corrected chi connectivity index (χ4v) is 1.96. The predicted molar refractivity (Wildman–Crippen MR) is 53.0 cm³/mol. The summed E-state index contributed by atoms with van der Waals surface area (Å²) in [6.45, 7) is -1.54. The van der Waals surface area contributed by atoms with Crippen LogP contribution in [-0.2, 0) is 9.53 Å². The zero-order valence-electron chi connectivity index (χ0n) is 9.35. The first-order valence-electron chi connectivity index (χ1n) is 5.49. The first kappa shape index (κ1) is 14.0. The van der Waals surface area contributed by atoms with Crippen molar-refractivity contribution >= 4 is 5.78 Å². The second kappa shape index (κ2) is 5.50. The number of rotatable bonds is 4. The Morgan fingerprint density at radius 3 is 2.65 bits per heavy atom. The van der Waals surface area contributed by atoms with Crippen LogP contribution < -0.4 is 0 Å². The highest BCUT2D eigenvalue weighted by Gasteiger charge is 2.40. The van der Waals surface area contributed by atoms with Crippen LogP contribution in [0.1, 0.15) is 32.1 Å². The number of Topliss-reactive ketones (excluding diaryl/α,β-unsaturated/α-hetero) is 1. The molecule has 0 N–H and O–H groups in total. The maximum Gasteiger partial charge on any atom is 0.411 e. The molecule has 0 amide bonds. The number of carbonyl (C=O) groups is 1. The summed E-state index contributed by atoms with van der Waals surface area (Å²) in [5, 5.41) is 9.02. The molecule has 0 aromatic heterocycles. The number of carbonyl (C=O) groups excluding carboxylic acids is 1. The van der Waals surface area contributed by atoms with Crippen LogP contribution in [0.3, 0.4) is 0 Å². The molecule has 0 radical (unpaired) electrons. The van der Waals surface area contributed by atoms with Gasteiger partial charge in [0.15, 0.2) is 5.78 Å². The zero-order chi connectivity index (χ0) is 12.9. The minimum absolute atomic E-state index is 0.0540. The molecule has 6 heteroatoms. The summed E-state index contributed by atoms with van der Waals surface area (Å²) in [6, 6.07) is 1.95.